The zero-order valence-electron chi connectivity index (χ0n) is 10.6. The number of rotatable bonds is 4. The molecule has 0 saturated carbocycles. The first-order valence-corrected chi connectivity index (χ1v) is 6.17. The van der Waals surface area contributed by atoms with Crippen LogP contribution in [-0.4, -0.2) is 55.0 Å². The average molecular weight is 220 g/mol. The van der Waals surface area contributed by atoms with Gasteiger partial charge in [0.2, 0.25) is 7.37 Å². The number of hydrogen-bond donors (Lipinski definition) is 1. The van der Waals surface area contributed by atoms with Crippen molar-refractivity contribution >= 4 is 45.1 Å². The van der Waals surface area contributed by atoms with Gasteiger partial charge in [0.25, 0.3) is 0 Å². The van der Waals surface area contributed by atoms with Crippen LogP contribution in [-0.2, 0) is 4.57 Å². The van der Waals surface area contributed by atoms with E-state index in [2.05, 4.69) is 0 Å². The summed E-state index contributed by atoms with van der Waals surface area (Å²) >= 11 is 0. The summed E-state index contributed by atoms with van der Waals surface area (Å²) in [6.45, 7) is 7.90. The predicted octanol–water partition coefficient (Wildman–Crippen LogP) is 2.41. The summed E-state index contributed by atoms with van der Waals surface area (Å²) in [5.41, 5.74) is 0. The Kier molecular flexibility index (Phi) is 9.06. The van der Waals surface area contributed by atoms with E-state index in [9.17, 15) is 9.46 Å². The van der Waals surface area contributed by atoms with Gasteiger partial charge in [0, 0.05) is 12.3 Å². The number of hydrogen-bond acceptors (Lipinski definition) is 1. The van der Waals surface area contributed by atoms with Crippen LogP contribution < -0.4 is 0 Å². The van der Waals surface area contributed by atoms with E-state index in [1.54, 1.807) is 0 Å². The molecule has 0 rings (SSSR count). The van der Waals surface area contributed by atoms with Gasteiger partial charge in [0.05, 0.1) is 0 Å². The van der Waals surface area contributed by atoms with Crippen molar-refractivity contribution in [3.8, 4) is 0 Å². The van der Waals surface area contributed by atoms with Crippen LogP contribution in [0.2, 0.25) is 0 Å². The quantitative estimate of drug-likeness (QED) is 0.583. The first-order chi connectivity index (χ1) is 4.83. The SMILES string of the molecule is CC(C)CP(=O)(O)CC(C)C.[Ca+2].[H-].[H-]. The zero-order chi connectivity index (χ0) is 9.07. The van der Waals surface area contributed by atoms with Crippen molar-refractivity contribution in [2.24, 2.45) is 11.8 Å². The van der Waals surface area contributed by atoms with Crippen LogP contribution in [0.1, 0.15) is 30.5 Å². The Hall–Kier alpha value is 1.45. The van der Waals surface area contributed by atoms with E-state index in [1.165, 1.54) is 0 Å². The third-order valence-corrected chi connectivity index (χ3v) is 3.90. The minimum absolute atomic E-state index is 0. The molecular formula is C8H21CaO2P. The molecular weight excluding hydrogens is 199 g/mol. The van der Waals surface area contributed by atoms with Crippen LogP contribution >= 0.6 is 7.37 Å². The molecule has 0 amide bonds. The van der Waals surface area contributed by atoms with E-state index in [-0.39, 0.29) is 40.6 Å². The topological polar surface area (TPSA) is 37.3 Å². The molecule has 72 valence electrons. The Bertz CT molecular complexity index is 151. The van der Waals surface area contributed by atoms with Crippen LogP contribution in [0.5, 0.6) is 0 Å². The Morgan fingerprint density at radius 3 is 1.58 bits per heavy atom. The Morgan fingerprint density at radius 2 is 1.42 bits per heavy atom. The summed E-state index contributed by atoms with van der Waals surface area (Å²) in [6, 6.07) is 0. The molecule has 0 unspecified atom stereocenters. The third kappa shape index (κ3) is 9.54. The molecule has 0 heterocycles. The molecule has 0 aromatic carbocycles. The van der Waals surface area contributed by atoms with E-state index >= 15 is 0 Å². The maximum absolute atomic E-state index is 11.4. The fourth-order valence-corrected chi connectivity index (χ4v) is 3.65. The van der Waals surface area contributed by atoms with Crippen molar-refractivity contribution < 1.29 is 12.3 Å². The second-order valence-electron chi connectivity index (χ2n) is 4.00. The maximum Gasteiger partial charge on any atom is 2.00 e. The molecule has 0 aliphatic rings. The summed E-state index contributed by atoms with van der Waals surface area (Å²) in [6.07, 6.45) is 0.927. The van der Waals surface area contributed by atoms with Gasteiger partial charge in [-0.15, -0.1) is 0 Å². The largest absolute Gasteiger partial charge is 2.00 e. The molecule has 0 spiro atoms. The summed E-state index contributed by atoms with van der Waals surface area (Å²) in [5, 5.41) is 0. The molecule has 2 nitrogen and oxygen atoms in total. The van der Waals surface area contributed by atoms with Crippen molar-refractivity contribution in [2.75, 3.05) is 12.3 Å². The van der Waals surface area contributed by atoms with E-state index in [0.29, 0.717) is 24.2 Å². The second-order valence-corrected chi connectivity index (χ2v) is 6.42. The summed E-state index contributed by atoms with van der Waals surface area (Å²) in [7, 11) is -2.80. The fraction of sp³-hybridized carbons (Fsp3) is 1.00. The molecule has 0 aromatic rings. The molecule has 0 radical (unpaired) electrons. The molecule has 4 heteroatoms. The van der Waals surface area contributed by atoms with Gasteiger partial charge >= 0.3 is 37.7 Å². The molecule has 12 heavy (non-hydrogen) atoms. The Morgan fingerprint density at radius 1 is 1.17 bits per heavy atom. The molecule has 1 N–H and O–H groups in total. The molecule has 0 bridgehead atoms. The Labute approximate surface area is 109 Å². The fourth-order valence-electron chi connectivity index (χ4n) is 1.22. The second kappa shape index (κ2) is 6.84. The van der Waals surface area contributed by atoms with Gasteiger partial charge in [-0.2, -0.15) is 0 Å². The van der Waals surface area contributed by atoms with E-state index < -0.39 is 7.37 Å². The van der Waals surface area contributed by atoms with Crippen molar-refractivity contribution in [1.82, 2.24) is 0 Å². The zero-order valence-corrected chi connectivity index (χ0v) is 11.7. The minimum Gasteiger partial charge on any atom is -1.00 e. The first kappa shape index (κ1) is 15.9. The van der Waals surface area contributed by atoms with Crippen molar-refractivity contribution in [2.45, 2.75) is 27.7 Å². The van der Waals surface area contributed by atoms with Gasteiger partial charge in [-0.1, -0.05) is 27.7 Å². The van der Waals surface area contributed by atoms with E-state index in [1.807, 2.05) is 27.7 Å². The van der Waals surface area contributed by atoms with Crippen molar-refractivity contribution in [3.05, 3.63) is 0 Å². The van der Waals surface area contributed by atoms with Gasteiger partial charge < -0.3 is 7.75 Å². The van der Waals surface area contributed by atoms with Gasteiger partial charge in [-0.25, -0.2) is 0 Å². The average Bonchev–Trinajstić information content (AvgIpc) is 1.53. The van der Waals surface area contributed by atoms with Crippen LogP contribution in [0, 0.1) is 11.8 Å². The van der Waals surface area contributed by atoms with E-state index in [0.717, 1.165) is 0 Å². The minimum atomic E-state index is -2.80. The van der Waals surface area contributed by atoms with E-state index in [4.69, 9.17) is 0 Å². The van der Waals surface area contributed by atoms with Gasteiger partial charge in [-0.05, 0) is 11.8 Å². The molecule has 0 fully saturated rings. The van der Waals surface area contributed by atoms with Gasteiger partial charge in [-0.3, -0.25) is 4.57 Å². The maximum atomic E-state index is 11.4. The summed E-state index contributed by atoms with van der Waals surface area (Å²) in [4.78, 5) is 9.41. The Balaban J connectivity index is -0.000000167. The third-order valence-electron chi connectivity index (χ3n) is 1.30. The standard InChI is InChI=1S/C8H19O2P.Ca.2H/c1-7(2)5-11(9,10)6-8(3)4;;;/h7-8H,5-6H2,1-4H3,(H,9,10);;;/q;+2;2*-1. The first-order valence-electron chi connectivity index (χ1n) is 4.14. The summed E-state index contributed by atoms with van der Waals surface area (Å²) < 4.78 is 11.4. The van der Waals surface area contributed by atoms with Crippen LogP contribution in [0.25, 0.3) is 0 Å². The van der Waals surface area contributed by atoms with Crippen LogP contribution in [0.15, 0.2) is 0 Å². The summed E-state index contributed by atoms with van der Waals surface area (Å²) in [5.74, 6) is 0.647. The normalized spacial score (nSPS) is 11.9. The molecule has 0 aromatic heterocycles. The molecule has 0 aliphatic carbocycles. The van der Waals surface area contributed by atoms with Crippen molar-refractivity contribution in [1.29, 1.82) is 0 Å². The van der Waals surface area contributed by atoms with Gasteiger partial charge in [0.1, 0.15) is 0 Å². The van der Waals surface area contributed by atoms with Crippen LogP contribution in [0.3, 0.4) is 0 Å². The smallest absolute Gasteiger partial charge is 1.00 e. The monoisotopic (exact) mass is 220 g/mol. The molecule has 0 aliphatic heterocycles. The predicted molar refractivity (Wildman–Crippen MR) is 57.2 cm³/mol. The van der Waals surface area contributed by atoms with Gasteiger partial charge in [0.15, 0.2) is 0 Å². The molecule has 0 saturated heterocycles. The molecule has 0 atom stereocenters. The van der Waals surface area contributed by atoms with Crippen LogP contribution in [0.4, 0.5) is 0 Å². The van der Waals surface area contributed by atoms with Crippen molar-refractivity contribution in [3.63, 3.8) is 0 Å².